The first-order valence-corrected chi connectivity index (χ1v) is 6.52. The predicted molar refractivity (Wildman–Crippen MR) is 67.0 cm³/mol. The van der Waals surface area contributed by atoms with E-state index in [1.165, 1.54) is 0 Å². The van der Waals surface area contributed by atoms with Crippen molar-refractivity contribution in [2.24, 2.45) is 0 Å². The van der Waals surface area contributed by atoms with Crippen LogP contribution in [-0.2, 0) is 4.74 Å². The van der Waals surface area contributed by atoms with Gasteiger partial charge in [-0.25, -0.2) is 4.79 Å². The van der Waals surface area contributed by atoms with Crippen LogP contribution in [0.3, 0.4) is 0 Å². The van der Waals surface area contributed by atoms with Crippen LogP contribution in [0.25, 0.3) is 0 Å². The van der Waals surface area contributed by atoms with Gasteiger partial charge in [0.2, 0.25) is 0 Å². The van der Waals surface area contributed by atoms with Gasteiger partial charge in [-0.15, -0.1) is 0 Å². The molecule has 0 radical (unpaired) electrons. The number of likely N-dealkylation sites (tertiary alicyclic amines) is 1. The molecule has 4 nitrogen and oxygen atoms in total. The molecule has 4 heteroatoms. The zero-order valence-electron chi connectivity index (χ0n) is 11.5. The van der Waals surface area contributed by atoms with Crippen molar-refractivity contribution in [2.75, 3.05) is 26.7 Å². The van der Waals surface area contributed by atoms with Gasteiger partial charge in [0.15, 0.2) is 0 Å². The molecule has 98 valence electrons. The van der Waals surface area contributed by atoms with Crippen LogP contribution < -0.4 is 0 Å². The Balaban J connectivity index is 2.11. The van der Waals surface area contributed by atoms with E-state index in [1.54, 1.807) is 0 Å². The first-order valence-electron chi connectivity index (χ1n) is 6.52. The van der Waals surface area contributed by atoms with Crippen molar-refractivity contribution < 1.29 is 9.53 Å². The van der Waals surface area contributed by atoms with Crippen LogP contribution in [0.4, 0.5) is 4.79 Å². The highest BCUT2D eigenvalue weighted by molar-refractivity contribution is 5.71. The average molecular weight is 240 g/mol. The van der Waals surface area contributed by atoms with Crippen molar-refractivity contribution in [1.29, 1.82) is 0 Å². The maximum atomic E-state index is 12.0. The lowest BCUT2D eigenvalue weighted by molar-refractivity contribution is 0.0451. The molecule has 17 heavy (non-hydrogen) atoms. The normalized spacial score (nSPS) is 31.8. The molecule has 2 saturated heterocycles. The Labute approximate surface area is 104 Å². The molecule has 0 aliphatic carbocycles. The Morgan fingerprint density at radius 1 is 1.24 bits per heavy atom. The first-order chi connectivity index (χ1) is 7.82. The number of carbonyl (C=O) groups is 1. The van der Waals surface area contributed by atoms with Gasteiger partial charge in [0.25, 0.3) is 0 Å². The largest absolute Gasteiger partial charge is 0.441 e. The quantitative estimate of drug-likeness (QED) is 0.650. The summed E-state index contributed by atoms with van der Waals surface area (Å²) in [6.07, 6.45) is 2.93. The molecule has 0 N–H and O–H groups in total. The third-order valence-electron chi connectivity index (χ3n) is 3.90. The summed E-state index contributed by atoms with van der Waals surface area (Å²) in [5, 5.41) is 0. The summed E-state index contributed by atoms with van der Waals surface area (Å²) >= 11 is 0. The van der Waals surface area contributed by atoms with Gasteiger partial charge in [-0.1, -0.05) is 0 Å². The maximum absolute atomic E-state index is 12.0. The molecular formula is C13H24N2O2. The first kappa shape index (κ1) is 12.7. The molecule has 0 saturated carbocycles. The van der Waals surface area contributed by atoms with E-state index >= 15 is 0 Å². The third kappa shape index (κ3) is 2.57. The summed E-state index contributed by atoms with van der Waals surface area (Å²) in [5.74, 6) is 0. The molecule has 1 unspecified atom stereocenters. The van der Waals surface area contributed by atoms with Crippen LogP contribution in [-0.4, -0.2) is 53.7 Å². The summed E-state index contributed by atoms with van der Waals surface area (Å²) in [6.45, 7) is 9.07. The molecule has 0 aromatic carbocycles. The molecule has 1 amide bonds. The van der Waals surface area contributed by atoms with Gasteiger partial charge in [0, 0.05) is 18.5 Å². The molecule has 0 bridgehead atoms. The molecule has 0 aromatic rings. The van der Waals surface area contributed by atoms with Crippen LogP contribution in [0.2, 0.25) is 0 Å². The summed E-state index contributed by atoms with van der Waals surface area (Å²) in [5.41, 5.74) is -0.367. The van der Waals surface area contributed by atoms with E-state index in [1.807, 2.05) is 4.90 Å². The van der Waals surface area contributed by atoms with Crippen molar-refractivity contribution in [3.63, 3.8) is 0 Å². The van der Waals surface area contributed by atoms with Crippen LogP contribution >= 0.6 is 0 Å². The Morgan fingerprint density at radius 3 is 2.53 bits per heavy atom. The van der Waals surface area contributed by atoms with Crippen LogP contribution in [0, 0.1) is 0 Å². The summed E-state index contributed by atoms with van der Waals surface area (Å²) in [6, 6.07) is 0. The number of nitrogens with zero attached hydrogens (tertiary/aromatic N) is 2. The lowest BCUT2D eigenvalue weighted by Crippen LogP contribution is -2.44. The van der Waals surface area contributed by atoms with E-state index in [9.17, 15) is 4.79 Å². The van der Waals surface area contributed by atoms with Gasteiger partial charge in [-0.3, -0.25) is 4.90 Å². The molecule has 2 rings (SSSR count). The highest BCUT2D eigenvalue weighted by Crippen LogP contribution is 2.36. The van der Waals surface area contributed by atoms with E-state index in [0.717, 1.165) is 38.9 Å². The number of hydrogen-bond acceptors (Lipinski definition) is 3. The summed E-state index contributed by atoms with van der Waals surface area (Å²) in [7, 11) is 2.14. The highest BCUT2D eigenvalue weighted by atomic mass is 16.6. The van der Waals surface area contributed by atoms with Crippen molar-refractivity contribution >= 4 is 6.09 Å². The summed E-state index contributed by atoms with van der Waals surface area (Å²) in [4.78, 5) is 16.2. The molecule has 1 atom stereocenters. The Bertz CT molecular complexity index is 311. The minimum Gasteiger partial charge on any atom is -0.441 e. The van der Waals surface area contributed by atoms with E-state index in [-0.39, 0.29) is 17.2 Å². The molecule has 0 aromatic heterocycles. The van der Waals surface area contributed by atoms with Gasteiger partial charge in [0.05, 0.1) is 6.54 Å². The smallest absolute Gasteiger partial charge is 0.410 e. The van der Waals surface area contributed by atoms with Crippen molar-refractivity contribution in [3.05, 3.63) is 0 Å². The summed E-state index contributed by atoms with van der Waals surface area (Å²) < 4.78 is 5.72. The van der Waals surface area contributed by atoms with E-state index < -0.39 is 0 Å². The fourth-order valence-electron chi connectivity index (χ4n) is 2.70. The zero-order chi connectivity index (χ0) is 12.7. The number of amides is 1. The number of ether oxygens (including phenoxy) is 1. The zero-order valence-corrected chi connectivity index (χ0v) is 11.5. The molecule has 2 fully saturated rings. The fraction of sp³-hybridized carbons (Fsp3) is 0.923. The van der Waals surface area contributed by atoms with E-state index in [2.05, 4.69) is 32.7 Å². The molecule has 1 spiro atoms. The van der Waals surface area contributed by atoms with Crippen LogP contribution in [0.5, 0.6) is 0 Å². The SMILES string of the molecule is CN1CCCC2(CC1)CN(C(C)(C)C)C(=O)O2. The maximum Gasteiger partial charge on any atom is 0.410 e. The minimum atomic E-state index is -0.227. The average Bonchev–Trinajstić information content (AvgIpc) is 2.42. The molecule has 2 heterocycles. The third-order valence-corrected chi connectivity index (χ3v) is 3.90. The number of hydrogen-bond donors (Lipinski definition) is 0. The fourth-order valence-corrected chi connectivity index (χ4v) is 2.70. The number of carbonyl (C=O) groups excluding carboxylic acids is 1. The topological polar surface area (TPSA) is 32.8 Å². The van der Waals surface area contributed by atoms with Crippen molar-refractivity contribution in [2.45, 2.75) is 51.2 Å². The van der Waals surface area contributed by atoms with E-state index in [4.69, 9.17) is 4.74 Å². The van der Waals surface area contributed by atoms with Gasteiger partial charge in [-0.2, -0.15) is 0 Å². The molecule has 2 aliphatic rings. The second-order valence-corrected chi connectivity index (χ2v) is 6.46. The second-order valence-electron chi connectivity index (χ2n) is 6.46. The van der Waals surface area contributed by atoms with Gasteiger partial charge >= 0.3 is 6.09 Å². The second kappa shape index (κ2) is 4.16. The van der Waals surface area contributed by atoms with Crippen LogP contribution in [0.1, 0.15) is 40.0 Å². The van der Waals surface area contributed by atoms with Gasteiger partial charge in [-0.05, 0) is 47.2 Å². The minimum absolute atomic E-state index is 0.137. The Kier molecular flexibility index (Phi) is 3.10. The van der Waals surface area contributed by atoms with Gasteiger partial charge < -0.3 is 9.64 Å². The van der Waals surface area contributed by atoms with Crippen molar-refractivity contribution in [3.8, 4) is 0 Å². The van der Waals surface area contributed by atoms with E-state index in [0.29, 0.717) is 0 Å². The monoisotopic (exact) mass is 240 g/mol. The van der Waals surface area contributed by atoms with Crippen LogP contribution in [0.15, 0.2) is 0 Å². The molecule has 2 aliphatic heterocycles. The lowest BCUT2D eigenvalue weighted by atomic mass is 9.93. The standard InChI is InChI=1S/C13H24N2O2/c1-12(2,3)15-10-13(17-11(15)16)6-5-8-14(4)9-7-13/h5-10H2,1-4H3. The predicted octanol–water partition coefficient (Wildman–Crippen LogP) is 2.09. The Morgan fingerprint density at radius 2 is 1.94 bits per heavy atom. The Hall–Kier alpha value is -0.770. The lowest BCUT2D eigenvalue weighted by Gasteiger charge is -2.31. The van der Waals surface area contributed by atoms with Crippen molar-refractivity contribution in [1.82, 2.24) is 9.80 Å². The highest BCUT2D eigenvalue weighted by Gasteiger charge is 2.48. The van der Waals surface area contributed by atoms with Gasteiger partial charge in [0.1, 0.15) is 5.60 Å². The number of rotatable bonds is 0. The molecular weight excluding hydrogens is 216 g/mol.